The van der Waals surface area contributed by atoms with Gasteiger partial charge in [-0.15, -0.1) is 0 Å². The van der Waals surface area contributed by atoms with E-state index < -0.39 is 0 Å². The van der Waals surface area contributed by atoms with Crippen LogP contribution in [0.15, 0.2) is 47.4 Å². The molecule has 0 unspecified atom stereocenters. The first kappa shape index (κ1) is 19.8. The smallest absolute Gasteiger partial charge is 0.141 e. The molecule has 0 N–H and O–H groups in total. The summed E-state index contributed by atoms with van der Waals surface area (Å²) in [6.45, 7) is 14.3. The molecule has 0 radical (unpaired) electrons. The van der Waals surface area contributed by atoms with Gasteiger partial charge in [0.25, 0.3) is 0 Å². The van der Waals surface area contributed by atoms with Gasteiger partial charge in [-0.25, -0.2) is 0 Å². The second-order valence-electron chi connectivity index (χ2n) is 7.25. The first-order valence-electron chi connectivity index (χ1n) is 9.72. The largest absolute Gasteiger partial charge is 0.361 e. The third-order valence-corrected chi connectivity index (χ3v) is 5.04. The second-order valence-corrected chi connectivity index (χ2v) is 7.25. The molecule has 0 spiro atoms. The third kappa shape index (κ3) is 3.21. The molecule has 5 nitrogen and oxygen atoms in total. The van der Waals surface area contributed by atoms with Gasteiger partial charge in [-0.05, 0) is 58.4 Å². The zero-order valence-corrected chi connectivity index (χ0v) is 17.7. The van der Waals surface area contributed by atoms with Crippen LogP contribution in [-0.4, -0.2) is 19.7 Å². The predicted molar refractivity (Wildman–Crippen MR) is 113 cm³/mol. The fraction of sp³-hybridized carbons (Fsp3) is 0.348. The lowest BCUT2D eigenvalue weighted by atomic mass is 9.99. The van der Waals surface area contributed by atoms with Crippen molar-refractivity contribution in [2.24, 2.45) is 0 Å². The Morgan fingerprint density at radius 3 is 2.39 bits per heavy atom. The summed E-state index contributed by atoms with van der Waals surface area (Å²) >= 11 is 0. The van der Waals surface area contributed by atoms with Crippen LogP contribution in [0.2, 0.25) is 0 Å². The summed E-state index contributed by atoms with van der Waals surface area (Å²) in [5.74, 6) is 0.808. The number of nitrogens with zero attached hydrogens (tertiary/aromatic N) is 4. The van der Waals surface area contributed by atoms with E-state index in [1.165, 1.54) is 0 Å². The van der Waals surface area contributed by atoms with E-state index in [0.717, 1.165) is 44.9 Å². The van der Waals surface area contributed by atoms with E-state index in [9.17, 15) is 0 Å². The van der Waals surface area contributed by atoms with Gasteiger partial charge in [-0.1, -0.05) is 25.1 Å². The molecule has 0 atom stereocenters. The topological polar surface area (TPSA) is 56.7 Å². The highest BCUT2D eigenvalue weighted by Crippen LogP contribution is 2.34. The fourth-order valence-corrected chi connectivity index (χ4v) is 3.61. The normalized spacial score (nSPS) is 11.4. The van der Waals surface area contributed by atoms with Crippen LogP contribution < -0.4 is 0 Å². The molecule has 146 valence electrons. The average molecular weight is 377 g/mol. The van der Waals surface area contributed by atoms with Gasteiger partial charge >= 0.3 is 0 Å². The lowest BCUT2D eigenvalue weighted by Gasteiger charge is -2.27. The minimum absolute atomic E-state index is 0.299. The van der Waals surface area contributed by atoms with Gasteiger partial charge in [-0.2, -0.15) is 0 Å². The van der Waals surface area contributed by atoms with Crippen LogP contribution in [0.1, 0.15) is 50.4 Å². The first-order valence-corrected chi connectivity index (χ1v) is 9.72. The third-order valence-electron chi connectivity index (χ3n) is 5.04. The van der Waals surface area contributed by atoms with Crippen molar-refractivity contribution in [3.05, 3.63) is 65.6 Å². The van der Waals surface area contributed by atoms with E-state index >= 15 is 0 Å². The van der Waals surface area contributed by atoms with Crippen LogP contribution in [0.4, 0.5) is 0 Å². The maximum atomic E-state index is 5.34. The summed E-state index contributed by atoms with van der Waals surface area (Å²) in [6, 6.07) is 8.20. The Morgan fingerprint density at radius 2 is 1.79 bits per heavy atom. The molecule has 4 rings (SSSR count). The molecule has 0 aliphatic heterocycles. The van der Waals surface area contributed by atoms with Gasteiger partial charge in [0.15, 0.2) is 0 Å². The van der Waals surface area contributed by atoms with Crippen LogP contribution in [0.3, 0.4) is 0 Å². The Labute approximate surface area is 166 Å². The maximum Gasteiger partial charge on any atom is 0.141 e. The van der Waals surface area contributed by atoms with E-state index in [2.05, 4.69) is 53.8 Å². The van der Waals surface area contributed by atoms with Crippen molar-refractivity contribution in [1.29, 1.82) is 0 Å². The van der Waals surface area contributed by atoms with Crippen LogP contribution >= 0.6 is 0 Å². The molecule has 4 aromatic heterocycles. The summed E-state index contributed by atoms with van der Waals surface area (Å²) < 4.78 is 7.60. The number of hydrogen-bond donors (Lipinski definition) is 0. The molecule has 5 heteroatoms. The van der Waals surface area contributed by atoms with Gasteiger partial charge in [0.2, 0.25) is 0 Å². The van der Waals surface area contributed by atoms with Crippen LogP contribution in [0.25, 0.3) is 22.2 Å². The van der Waals surface area contributed by atoms with Crippen LogP contribution in [-0.2, 0) is 5.54 Å². The zero-order chi connectivity index (χ0) is 20.5. The van der Waals surface area contributed by atoms with Gasteiger partial charge in [0.1, 0.15) is 5.76 Å². The van der Waals surface area contributed by atoms with Crippen LogP contribution in [0, 0.1) is 20.8 Å². The van der Waals surface area contributed by atoms with Crippen molar-refractivity contribution in [2.45, 2.75) is 54.0 Å². The van der Waals surface area contributed by atoms with Gasteiger partial charge in [0, 0.05) is 29.7 Å². The number of hydrogen-bond acceptors (Lipinski definition) is 4. The standard InChI is InChI=1S/C21H22N4O.C2H6/c1-13-12-25(21(4,5)18-8-6-7-9-22-18)17-10-16(11-23-20(13)17)19-14(2)24-26-15(19)3;1-2/h6-12H,1-5H3;1-2H3. The minimum Gasteiger partial charge on any atom is -0.361 e. The number of aryl methyl sites for hydroxylation is 3. The van der Waals surface area contributed by atoms with Gasteiger partial charge < -0.3 is 9.09 Å². The van der Waals surface area contributed by atoms with Crippen molar-refractivity contribution in [2.75, 3.05) is 0 Å². The summed E-state index contributed by atoms with van der Waals surface area (Å²) in [7, 11) is 0. The SMILES string of the molecule is CC.Cc1noc(C)c1-c1cnc2c(C)cn(C(C)(C)c3ccccn3)c2c1. The average Bonchev–Trinajstić information content (AvgIpc) is 3.23. The fourth-order valence-electron chi connectivity index (χ4n) is 3.61. The van der Waals surface area contributed by atoms with Gasteiger partial charge in [0.05, 0.1) is 28.0 Å². The summed E-state index contributed by atoms with van der Waals surface area (Å²) in [4.78, 5) is 9.31. The molecule has 0 aliphatic carbocycles. The molecule has 0 aliphatic rings. The molecule has 0 fully saturated rings. The molecule has 4 aromatic rings. The highest BCUT2D eigenvalue weighted by molar-refractivity contribution is 5.85. The molecule has 0 amide bonds. The van der Waals surface area contributed by atoms with Crippen molar-refractivity contribution in [3.8, 4) is 11.1 Å². The molecule has 0 saturated heterocycles. The van der Waals surface area contributed by atoms with E-state index in [1.807, 2.05) is 52.2 Å². The van der Waals surface area contributed by atoms with Gasteiger partial charge in [-0.3, -0.25) is 9.97 Å². The molecule has 4 heterocycles. The number of aromatic nitrogens is 4. The molecular formula is C23H28N4O. The van der Waals surface area contributed by atoms with E-state index in [4.69, 9.17) is 9.51 Å². The van der Waals surface area contributed by atoms with Crippen molar-refractivity contribution in [3.63, 3.8) is 0 Å². The number of fused-ring (bicyclic) bond motifs is 1. The Bertz CT molecular complexity index is 1070. The predicted octanol–water partition coefficient (Wildman–Crippen LogP) is 5.82. The Morgan fingerprint density at radius 1 is 1.04 bits per heavy atom. The second kappa shape index (κ2) is 7.58. The summed E-state index contributed by atoms with van der Waals surface area (Å²) in [5, 5.41) is 4.08. The Hall–Kier alpha value is -2.95. The quantitative estimate of drug-likeness (QED) is 0.452. The molecule has 0 bridgehead atoms. The first-order chi connectivity index (χ1) is 13.4. The van der Waals surface area contributed by atoms with E-state index in [-0.39, 0.29) is 5.54 Å². The Kier molecular flexibility index (Phi) is 5.36. The summed E-state index contributed by atoms with van der Waals surface area (Å²) in [6.07, 6.45) is 5.90. The van der Waals surface area contributed by atoms with Crippen molar-refractivity contribution in [1.82, 2.24) is 19.7 Å². The lowest BCUT2D eigenvalue weighted by Crippen LogP contribution is -2.28. The van der Waals surface area contributed by atoms with Crippen molar-refractivity contribution < 1.29 is 4.52 Å². The molecular weight excluding hydrogens is 348 g/mol. The van der Waals surface area contributed by atoms with Crippen molar-refractivity contribution >= 4 is 11.0 Å². The lowest BCUT2D eigenvalue weighted by molar-refractivity contribution is 0.393. The maximum absolute atomic E-state index is 5.34. The zero-order valence-electron chi connectivity index (χ0n) is 17.7. The summed E-state index contributed by atoms with van der Waals surface area (Å²) in [5.41, 5.74) is 6.86. The monoisotopic (exact) mass is 376 g/mol. The molecule has 0 aromatic carbocycles. The minimum atomic E-state index is -0.299. The van der Waals surface area contributed by atoms with E-state index in [0.29, 0.717) is 0 Å². The highest BCUT2D eigenvalue weighted by atomic mass is 16.5. The van der Waals surface area contributed by atoms with Crippen LogP contribution in [0.5, 0.6) is 0 Å². The number of pyridine rings is 2. The molecule has 28 heavy (non-hydrogen) atoms. The Balaban J connectivity index is 0.00000109. The van der Waals surface area contributed by atoms with E-state index in [1.54, 1.807) is 0 Å². The molecule has 0 saturated carbocycles. The number of rotatable bonds is 3. The highest BCUT2D eigenvalue weighted by Gasteiger charge is 2.27.